The largest absolute Gasteiger partial charge is 0.317 e. The molecule has 1 aliphatic heterocycles. The number of anilines is 1. The van der Waals surface area contributed by atoms with E-state index >= 15 is 0 Å². The normalized spacial score (nSPS) is 22.6. The molecule has 1 amide bonds. The van der Waals surface area contributed by atoms with Crippen LogP contribution in [0.15, 0.2) is 12.3 Å². The summed E-state index contributed by atoms with van der Waals surface area (Å²) in [5.74, 6) is 0.648. The van der Waals surface area contributed by atoms with Gasteiger partial charge < -0.3 is 16.4 Å². The Balaban J connectivity index is 1.74. The summed E-state index contributed by atoms with van der Waals surface area (Å²) < 4.78 is 1.85. The van der Waals surface area contributed by atoms with Gasteiger partial charge in [-0.15, -0.1) is 0 Å². The Hall–Kier alpha value is -1.40. The van der Waals surface area contributed by atoms with Crippen molar-refractivity contribution in [1.29, 1.82) is 0 Å². The van der Waals surface area contributed by atoms with E-state index in [4.69, 9.17) is 5.73 Å². The Kier molecular flexibility index (Phi) is 2.02. The summed E-state index contributed by atoms with van der Waals surface area (Å²) >= 11 is 0. The lowest BCUT2D eigenvalue weighted by Crippen LogP contribution is -2.45. The fourth-order valence-corrected chi connectivity index (χ4v) is 1.75. The Bertz CT molecular complexity index is 419. The zero-order valence-electron chi connectivity index (χ0n) is 8.94. The molecule has 0 radical (unpaired) electrons. The number of nitrogens with one attached hydrogen (secondary N) is 2. The fraction of sp³-hybridized carbons (Fsp3) is 0.600. The van der Waals surface area contributed by atoms with Crippen LogP contribution in [0.25, 0.3) is 0 Å². The zero-order chi connectivity index (χ0) is 11.2. The van der Waals surface area contributed by atoms with Gasteiger partial charge >= 0.3 is 0 Å². The second-order valence-electron chi connectivity index (χ2n) is 4.58. The van der Waals surface area contributed by atoms with Crippen molar-refractivity contribution in [2.45, 2.75) is 24.4 Å². The van der Waals surface area contributed by atoms with Crippen molar-refractivity contribution in [3.63, 3.8) is 0 Å². The van der Waals surface area contributed by atoms with Gasteiger partial charge in [0, 0.05) is 19.2 Å². The van der Waals surface area contributed by atoms with E-state index in [9.17, 15) is 4.79 Å². The first-order valence-corrected chi connectivity index (χ1v) is 5.54. The number of carbonyl (C=O) groups is 1. The number of carbonyl (C=O) groups excluding carboxylic acids is 1. The predicted octanol–water partition coefficient (Wildman–Crippen LogP) is -0.543. The highest BCUT2D eigenvalue weighted by Crippen LogP contribution is 2.33. The minimum atomic E-state index is -0.632. The third-order valence-electron chi connectivity index (χ3n) is 3.26. The van der Waals surface area contributed by atoms with Crippen LogP contribution in [-0.2, 0) is 4.79 Å². The molecule has 0 unspecified atom stereocenters. The summed E-state index contributed by atoms with van der Waals surface area (Å²) in [7, 11) is 0. The summed E-state index contributed by atoms with van der Waals surface area (Å²) in [6.45, 7) is 1.80. The molecule has 6 heteroatoms. The number of aromatic nitrogens is 2. The Labute approximate surface area is 93.2 Å². The summed E-state index contributed by atoms with van der Waals surface area (Å²) in [5, 5.41) is 10.2. The average Bonchev–Trinajstić information content (AvgIpc) is 2.78. The highest BCUT2D eigenvalue weighted by molar-refractivity contribution is 5.99. The first-order valence-electron chi connectivity index (χ1n) is 5.54. The van der Waals surface area contributed by atoms with Crippen LogP contribution in [0.4, 0.5) is 5.82 Å². The molecule has 6 nitrogen and oxygen atoms in total. The number of hydrogen-bond acceptors (Lipinski definition) is 4. The van der Waals surface area contributed by atoms with Crippen molar-refractivity contribution in [2.75, 3.05) is 18.4 Å². The lowest BCUT2D eigenvalue weighted by molar-refractivity contribution is -0.118. The van der Waals surface area contributed by atoms with Gasteiger partial charge in [-0.2, -0.15) is 5.10 Å². The monoisotopic (exact) mass is 221 g/mol. The molecule has 2 aliphatic rings. The molecule has 0 atom stereocenters. The number of amides is 1. The van der Waals surface area contributed by atoms with Gasteiger partial charge in [-0.25, -0.2) is 4.68 Å². The minimum Gasteiger partial charge on any atom is -0.317 e. The Morgan fingerprint density at radius 3 is 2.94 bits per heavy atom. The third kappa shape index (κ3) is 1.50. The molecule has 1 saturated carbocycles. The van der Waals surface area contributed by atoms with Gasteiger partial charge in [0.25, 0.3) is 0 Å². The number of rotatable bonds is 3. The topological polar surface area (TPSA) is 85.0 Å². The molecular formula is C10H15N5O. The van der Waals surface area contributed by atoms with Crippen LogP contribution < -0.4 is 16.4 Å². The maximum absolute atomic E-state index is 11.8. The SMILES string of the molecule is NC1(C(=O)Nc2ccnn2C2CNC2)CC1. The fourth-order valence-electron chi connectivity index (χ4n) is 1.75. The molecule has 0 bridgehead atoms. The lowest BCUT2D eigenvalue weighted by Gasteiger charge is -2.28. The van der Waals surface area contributed by atoms with Crippen LogP contribution >= 0.6 is 0 Å². The predicted molar refractivity (Wildman–Crippen MR) is 58.9 cm³/mol. The first-order chi connectivity index (χ1) is 7.69. The number of hydrogen-bond donors (Lipinski definition) is 3. The maximum Gasteiger partial charge on any atom is 0.245 e. The zero-order valence-corrected chi connectivity index (χ0v) is 8.94. The minimum absolute atomic E-state index is 0.0958. The average molecular weight is 221 g/mol. The van der Waals surface area contributed by atoms with E-state index in [1.54, 1.807) is 6.20 Å². The van der Waals surface area contributed by atoms with E-state index in [0.717, 1.165) is 31.7 Å². The molecule has 16 heavy (non-hydrogen) atoms. The molecule has 86 valence electrons. The van der Waals surface area contributed by atoms with Crippen molar-refractivity contribution < 1.29 is 4.79 Å². The molecule has 3 rings (SSSR count). The van der Waals surface area contributed by atoms with Crippen molar-refractivity contribution in [2.24, 2.45) is 5.73 Å². The molecule has 1 aromatic heterocycles. The van der Waals surface area contributed by atoms with Crippen LogP contribution in [0, 0.1) is 0 Å². The molecule has 4 N–H and O–H groups in total. The molecule has 1 aromatic rings. The molecule has 0 aromatic carbocycles. The van der Waals surface area contributed by atoms with E-state index in [1.165, 1.54) is 0 Å². The van der Waals surface area contributed by atoms with Crippen molar-refractivity contribution in [1.82, 2.24) is 15.1 Å². The number of nitrogens with zero attached hydrogens (tertiary/aromatic N) is 2. The summed E-state index contributed by atoms with van der Waals surface area (Å²) in [4.78, 5) is 11.8. The summed E-state index contributed by atoms with van der Waals surface area (Å²) in [6, 6.07) is 2.15. The quantitative estimate of drug-likeness (QED) is 0.640. The summed E-state index contributed by atoms with van der Waals surface area (Å²) in [5.41, 5.74) is 5.19. The molecule has 1 aliphatic carbocycles. The second-order valence-corrected chi connectivity index (χ2v) is 4.58. The van der Waals surface area contributed by atoms with E-state index in [0.29, 0.717) is 6.04 Å². The molecular weight excluding hydrogens is 206 g/mol. The van der Waals surface area contributed by atoms with E-state index in [2.05, 4.69) is 15.7 Å². The Morgan fingerprint density at radius 1 is 1.62 bits per heavy atom. The van der Waals surface area contributed by atoms with Gasteiger partial charge in [-0.1, -0.05) is 0 Å². The summed E-state index contributed by atoms with van der Waals surface area (Å²) in [6.07, 6.45) is 3.25. The standard InChI is InChI=1S/C10H15N5O/c11-10(2-3-10)9(16)14-8-1-4-13-15(8)7-5-12-6-7/h1,4,7,12H,2-3,5-6,11H2,(H,14,16). The van der Waals surface area contributed by atoms with Crippen LogP contribution in [0.2, 0.25) is 0 Å². The van der Waals surface area contributed by atoms with Gasteiger partial charge in [0.05, 0.1) is 17.8 Å². The van der Waals surface area contributed by atoms with Gasteiger partial charge in [0.2, 0.25) is 5.91 Å². The lowest BCUT2D eigenvalue weighted by atomic mass is 10.2. The van der Waals surface area contributed by atoms with Gasteiger partial charge in [-0.3, -0.25) is 4.79 Å². The first kappa shape index (κ1) is 9.80. The van der Waals surface area contributed by atoms with Crippen LogP contribution in [0.1, 0.15) is 18.9 Å². The molecule has 0 spiro atoms. The Morgan fingerprint density at radius 2 is 2.38 bits per heavy atom. The van der Waals surface area contributed by atoms with Crippen molar-refractivity contribution in [3.8, 4) is 0 Å². The number of nitrogens with two attached hydrogens (primary N) is 1. The molecule has 1 saturated heterocycles. The molecule has 2 fully saturated rings. The van der Waals surface area contributed by atoms with Gasteiger partial charge in [-0.05, 0) is 12.8 Å². The van der Waals surface area contributed by atoms with Crippen molar-refractivity contribution >= 4 is 11.7 Å². The highest BCUT2D eigenvalue weighted by Gasteiger charge is 2.46. The van der Waals surface area contributed by atoms with E-state index in [1.807, 2.05) is 10.7 Å². The van der Waals surface area contributed by atoms with Crippen LogP contribution in [-0.4, -0.2) is 34.3 Å². The van der Waals surface area contributed by atoms with Gasteiger partial charge in [0.15, 0.2) is 0 Å². The highest BCUT2D eigenvalue weighted by atomic mass is 16.2. The smallest absolute Gasteiger partial charge is 0.245 e. The van der Waals surface area contributed by atoms with E-state index < -0.39 is 5.54 Å². The van der Waals surface area contributed by atoms with E-state index in [-0.39, 0.29) is 5.91 Å². The third-order valence-corrected chi connectivity index (χ3v) is 3.26. The second kappa shape index (κ2) is 3.29. The van der Waals surface area contributed by atoms with Crippen LogP contribution in [0.3, 0.4) is 0 Å². The maximum atomic E-state index is 11.8. The molecule has 2 heterocycles. The van der Waals surface area contributed by atoms with Crippen molar-refractivity contribution in [3.05, 3.63) is 12.3 Å². The van der Waals surface area contributed by atoms with Gasteiger partial charge in [0.1, 0.15) is 5.82 Å². The van der Waals surface area contributed by atoms with Crippen LogP contribution in [0.5, 0.6) is 0 Å².